The summed E-state index contributed by atoms with van der Waals surface area (Å²) in [5.41, 5.74) is 0.0946. The highest BCUT2D eigenvalue weighted by atomic mass is 35.5. The first kappa shape index (κ1) is 30.2. The van der Waals surface area contributed by atoms with E-state index in [0.29, 0.717) is 37.1 Å². The Balaban J connectivity index is 1.38. The summed E-state index contributed by atoms with van der Waals surface area (Å²) in [5.74, 6) is 2.98. The number of halogens is 2. The molecule has 0 radical (unpaired) electrons. The summed E-state index contributed by atoms with van der Waals surface area (Å²) in [6.07, 6.45) is 18.7. The number of aromatic nitrogens is 1. The summed E-state index contributed by atoms with van der Waals surface area (Å²) in [7, 11) is 0. The summed E-state index contributed by atoms with van der Waals surface area (Å²) in [4.78, 5) is 41.2. The van der Waals surface area contributed by atoms with Gasteiger partial charge < -0.3 is 18.9 Å². The predicted octanol–water partition coefficient (Wildman–Crippen LogP) is 6.55. The van der Waals surface area contributed by atoms with E-state index in [2.05, 4.69) is 11.8 Å². The van der Waals surface area contributed by atoms with Crippen LogP contribution in [0.25, 0.3) is 10.9 Å². The van der Waals surface area contributed by atoms with E-state index in [-0.39, 0.29) is 45.9 Å². The van der Waals surface area contributed by atoms with Crippen molar-refractivity contribution in [3.63, 3.8) is 0 Å². The Morgan fingerprint density at radius 2 is 1.67 bits per heavy atom. The van der Waals surface area contributed by atoms with E-state index in [1.165, 1.54) is 36.5 Å². The van der Waals surface area contributed by atoms with Crippen LogP contribution in [0.15, 0.2) is 41.3 Å². The van der Waals surface area contributed by atoms with Gasteiger partial charge in [0.05, 0.1) is 33.8 Å². The Morgan fingerprint density at radius 1 is 1.02 bits per heavy atom. The van der Waals surface area contributed by atoms with E-state index in [1.54, 1.807) is 0 Å². The fraction of sp³-hybridized carbons (Fsp3) is 0.382. The van der Waals surface area contributed by atoms with Gasteiger partial charge in [-0.1, -0.05) is 24.4 Å². The zero-order valence-corrected chi connectivity index (χ0v) is 24.5. The van der Waals surface area contributed by atoms with Gasteiger partial charge in [-0.3, -0.25) is 4.79 Å². The van der Waals surface area contributed by atoms with E-state index in [9.17, 15) is 14.4 Å². The quantitative estimate of drug-likeness (QED) is 0.157. The minimum absolute atomic E-state index is 0.0356. The molecule has 2 aliphatic rings. The molecule has 0 unspecified atom stereocenters. The molecular weight excluding hydrogens is 571 g/mol. The number of rotatable bonds is 9. The fourth-order valence-electron chi connectivity index (χ4n) is 5.42. The molecule has 1 aliphatic heterocycles. The zero-order chi connectivity index (χ0) is 30.5. The van der Waals surface area contributed by atoms with Crippen molar-refractivity contribution >= 4 is 40.1 Å². The Labute approximate surface area is 254 Å². The van der Waals surface area contributed by atoms with Gasteiger partial charge in [-0.05, 0) is 56.0 Å². The minimum Gasteiger partial charge on any atom is -0.462 e. The van der Waals surface area contributed by atoms with Gasteiger partial charge in [0.15, 0.2) is 0 Å². The van der Waals surface area contributed by atoms with Crippen LogP contribution in [0.3, 0.4) is 0 Å². The molecule has 1 saturated carbocycles. The van der Waals surface area contributed by atoms with Gasteiger partial charge in [0, 0.05) is 44.1 Å². The lowest BCUT2D eigenvalue weighted by molar-refractivity contribution is 0.0444. The Hall–Kier alpha value is -4.27. The van der Waals surface area contributed by atoms with E-state index in [0.717, 1.165) is 38.5 Å². The van der Waals surface area contributed by atoms with Gasteiger partial charge in [-0.15, -0.1) is 24.7 Å². The number of nitrogens with zero attached hydrogens (tertiary/aromatic N) is 2. The lowest BCUT2D eigenvalue weighted by Gasteiger charge is -2.26. The van der Waals surface area contributed by atoms with Gasteiger partial charge in [0.2, 0.25) is 5.43 Å². The molecule has 1 aromatic heterocycles. The summed E-state index contributed by atoms with van der Waals surface area (Å²) < 4.78 is 28.2. The van der Waals surface area contributed by atoms with Crippen molar-refractivity contribution < 1.29 is 23.5 Å². The van der Waals surface area contributed by atoms with Crippen molar-refractivity contribution in [3.05, 3.63) is 68.7 Å². The highest BCUT2D eigenvalue weighted by Crippen LogP contribution is 2.42. The molecule has 5 rings (SSSR count). The molecule has 0 N–H and O–H groups in total. The summed E-state index contributed by atoms with van der Waals surface area (Å²) in [6.45, 7) is 1.47. The number of esters is 2. The number of carbonyl (C=O) groups is 2. The van der Waals surface area contributed by atoms with E-state index < -0.39 is 23.2 Å². The third-order valence-corrected chi connectivity index (χ3v) is 8.19. The number of hydrogen-bond donors (Lipinski definition) is 0. The number of pyridine rings is 1. The third kappa shape index (κ3) is 6.71. The van der Waals surface area contributed by atoms with Crippen LogP contribution in [-0.2, 0) is 4.74 Å². The SMILES string of the molecule is C#CCC(CC#C)COC(=O)c1ccc(OC(=O)c2cn(C3CC3)c3c(Cl)c(N4CCCCCC4)c(F)cc3c2=O)cc1. The first-order valence-electron chi connectivity index (χ1n) is 14.5. The number of anilines is 1. The molecule has 2 aromatic carbocycles. The molecule has 2 fully saturated rings. The van der Waals surface area contributed by atoms with Crippen LogP contribution >= 0.6 is 11.6 Å². The number of benzene rings is 2. The van der Waals surface area contributed by atoms with Crippen LogP contribution in [0.5, 0.6) is 5.75 Å². The molecule has 43 heavy (non-hydrogen) atoms. The lowest BCUT2D eigenvalue weighted by atomic mass is 10.0. The van der Waals surface area contributed by atoms with Gasteiger partial charge >= 0.3 is 11.9 Å². The largest absolute Gasteiger partial charge is 0.462 e. The number of fused-ring (bicyclic) bond motifs is 1. The molecule has 0 amide bonds. The average molecular weight is 603 g/mol. The van der Waals surface area contributed by atoms with Crippen molar-refractivity contribution in [1.82, 2.24) is 4.57 Å². The normalized spacial score (nSPS) is 15.0. The maximum absolute atomic E-state index is 15.5. The van der Waals surface area contributed by atoms with Crippen molar-refractivity contribution in [3.8, 4) is 30.4 Å². The van der Waals surface area contributed by atoms with Crippen molar-refractivity contribution in [2.24, 2.45) is 5.92 Å². The molecular formula is C34H32ClFN2O5. The Bertz CT molecular complexity index is 1660. The molecule has 1 saturated heterocycles. The second-order valence-electron chi connectivity index (χ2n) is 11.0. The van der Waals surface area contributed by atoms with Crippen molar-refractivity contribution in [2.45, 2.75) is 57.4 Å². The maximum Gasteiger partial charge on any atom is 0.349 e. The van der Waals surface area contributed by atoms with E-state index >= 15 is 4.39 Å². The highest BCUT2D eigenvalue weighted by Gasteiger charge is 2.31. The van der Waals surface area contributed by atoms with Gasteiger partial charge in [0.1, 0.15) is 17.1 Å². The van der Waals surface area contributed by atoms with Crippen LogP contribution in [-0.4, -0.2) is 36.2 Å². The van der Waals surface area contributed by atoms with Crippen LogP contribution in [0.4, 0.5) is 10.1 Å². The molecule has 1 aliphatic carbocycles. The molecule has 9 heteroatoms. The minimum atomic E-state index is -0.892. The zero-order valence-electron chi connectivity index (χ0n) is 23.7. The predicted molar refractivity (Wildman–Crippen MR) is 164 cm³/mol. The van der Waals surface area contributed by atoms with Gasteiger partial charge in [-0.2, -0.15) is 0 Å². The molecule has 2 heterocycles. The van der Waals surface area contributed by atoms with Gasteiger partial charge in [0.25, 0.3) is 0 Å². The smallest absolute Gasteiger partial charge is 0.349 e. The first-order chi connectivity index (χ1) is 20.8. The molecule has 0 spiro atoms. The standard InChI is InChI=1S/C34H32ClFN2O5/c1-3-9-22(10-4-2)21-42-33(40)23-11-15-25(16-12-23)43-34(41)27-20-38(24-13-14-24)30-26(32(27)39)19-28(36)31(29(30)35)37-17-7-5-6-8-18-37/h1-2,11-12,15-16,19-20,22,24H,5-10,13-14,17-18,21H2. The summed E-state index contributed by atoms with van der Waals surface area (Å²) in [5, 5.41) is 0.224. The van der Waals surface area contributed by atoms with Crippen LogP contribution < -0.4 is 15.1 Å². The fourth-order valence-corrected chi connectivity index (χ4v) is 5.83. The first-order valence-corrected chi connectivity index (χ1v) is 14.9. The number of hydrogen-bond acceptors (Lipinski definition) is 6. The van der Waals surface area contributed by atoms with Crippen LogP contribution in [0, 0.1) is 36.4 Å². The molecule has 0 atom stereocenters. The summed E-state index contributed by atoms with van der Waals surface area (Å²) in [6, 6.07) is 6.99. The summed E-state index contributed by atoms with van der Waals surface area (Å²) >= 11 is 6.84. The second-order valence-corrected chi connectivity index (χ2v) is 11.4. The van der Waals surface area contributed by atoms with Crippen LogP contribution in [0.2, 0.25) is 5.02 Å². The van der Waals surface area contributed by atoms with Crippen LogP contribution in [0.1, 0.15) is 78.1 Å². The number of ether oxygens (including phenoxy) is 2. The van der Waals surface area contributed by atoms with E-state index in [4.69, 9.17) is 33.9 Å². The van der Waals surface area contributed by atoms with E-state index in [1.807, 2.05) is 9.47 Å². The topological polar surface area (TPSA) is 77.8 Å². The lowest BCUT2D eigenvalue weighted by Crippen LogP contribution is -2.27. The average Bonchev–Trinajstić information content (AvgIpc) is 3.85. The van der Waals surface area contributed by atoms with Crippen molar-refractivity contribution in [1.29, 1.82) is 0 Å². The maximum atomic E-state index is 15.5. The molecule has 3 aromatic rings. The molecule has 222 valence electrons. The van der Waals surface area contributed by atoms with Crippen molar-refractivity contribution in [2.75, 3.05) is 24.6 Å². The molecule has 0 bridgehead atoms. The second kappa shape index (κ2) is 13.4. The van der Waals surface area contributed by atoms with Gasteiger partial charge in [-0.25, -0.2) is 14.0 Å². The highest BCUT2D eigenvalue weighted by molar-refractivity contribution is 6.38. The third-order valence-electron chi connectivity index (χ3n) is 7.83. The Kier molecular flexibility index (Phi) is 9.38. The molecule has 7 nitrogen and oxygen atoms in total. The number of terminal acetylenes is 2. The monoisotopic (exact) mass is 602 g/mol. The number of carbonyl (C=O) groups excluding carboxylic acids is 2. The Morgan fingerprint density at radius 3 is 2.28 bits per heavy atom.